The predicted molar refractivity (Wildman–Crippen MR) is 43.1 cm³/mol. The van der Waals surface area contributed by atoms with Gasteiger partial charge < -0.3 is 4.74 Å². The molecule has 1 fully saturated rings. The van der Waals surface area contributed by atoms with E-state index in [4.69, 9.17) is 5.26 Å². The van der Waals surface area contributed by atoms with Crippen molar-refractivity contribution in [1.29, 1.82) is 5.26 Å². The van der Waals surface area contributed by atoms with E-state index in [0.29, 0.717) is 0 Å². The number of hydrogen-bond donors (Lipinski definition) is 0. The molecule has 3 heteroatoms. The fourth-order valence-electron chi connectivity index (χ4n) is 1.62. The lowest BCUT2D eigenvalue weighted by Gasteiger charge is -2.22. The van der Waals surface area contributed by atoms with E-state index in [-0.39, 0.29) is 17.8 Å². The Kier molecular flexibility index (Phi) is 3.09. The summed E-state index contributed by atoms with van der Waals surface area (Å²) in [7, 11) is 1.42. The predicted octanol–water partition coefficient (Wildman–Crippen LogP) is 1.49. The monoisotopic (exact) mass is 167 g/mol. The molecule has 0 amide bonds. The molecule has 0 bridgehead atoms. The van der Waals surface area contributed by atoms with Crippen molar-refractivity contribution in [2.24, 2.45) is 11.8 Å². The Morgan fingerprint density at radius 2 is 2.00 bits per heavy atom. The van der Waals surface area contributed by atoms with E-state index in [1.54, 1.807) is 0 Å². The van der Waals surface area contributed by atoms with Crippen molar-refractivity contribution < 1.29 is 9.53 Å². The molecule has 1 rings (SSSR count). The molecule has 1 saturated carbocycles. The van der Waals surface area contributed by atoms with Gasteiger partial charge in [-0.15, -0.1) is 0 Å². The summed E-state index contributed by atoms with van der Waals surface area (Å²) in [6.07, 6.45) is 3.31. The number of rotatable bonds is 1. The van der Waals surface area contributed by atoms with Crippen LogP contribution in [0.4, 0.5) is 0 Å². The molecule has 1 aliphatic carbocycles. The van der Waals surface area contributed by atoms with Crippen LogP contribution in [0.15, 0.2) is 0 Å². The highest BCUT2D eigenvalue weighted by atomic mass is 16.5. The van der Waals surface area contributed by atoms with Crippen LogP contribution in [0.25, 0.3) is 0 Å². The molecule has 0 radical (unpaired) electrons. The molecule has 0 spiro atoms. The highest BCUT2D eigenvalue weighted by Crippen LogP contribution is 2.28. The van der Waals surface area contributed by atoms with Crippen molar-refractivity contribution in [3.05, 3.63) is 0 Å². The number of carbonyl (C=O) groups excluding carboxylic acids is 1. The van der Waals surface area contributed by atoms with Crippen molar-refractivity contribution >= 4 is 5.97 Å². The van der Waals surface area contributed by atoms with Crippen molar-refractivity contribution in [1.82, 2.24) is 0 Å². The van der Waals surface area contributed by atoms with E-state index >= 15 is 0 Å². The molecule has 0 N–H and O–H groups in total. The molecule has 1 aliphatic rings. The second-order valence-corrected chi connectivity index (χ2v) is 3.20. The van der Waals surface area contributed by atoms with Crippen LogP contribution in [0.2, 0.25) is 0 Å². The minimum atomic E-state index is -0.119. The zero-order chi connectivity index (χ0) is 8.97. The van der Waals surface area contributed by atoms with E-state index < -0.39 is 0 Å². The Bertz CT molecular complexity index is 199. The summed E-state index contributed by atoms with van der Waals surface area (Å²) >= 11 is 0. The first-order valence-corrected chi connectivity index (χ1v) is 4.25. The zero-order valence-electron chi connectivity index (χ0n) is 7.25. The Morgan fingerprint density at radius 1 is 1.42 bits per heavy atom. The third-order valence-corrected chi connectivity index (χ3v) is 2.44. The minimum Gasteiger partial charge on any atom is -0.469 e. The van der Waals surface area contributed by atoms with Crippen LogP contribution in [-0.2, 0) is 9.53 Å². The summed E-state index contributed by atoms with van der Waals surface area (Å²) in [5, 5.41) is 8.61. The van der Waals surface area contributed by atoms with Gasteiger partial charge in [0.25, 0.3) is 0 Å². The summed E-state index contributed by atoms with van der Waals surface area (Å²) in [6, 6.07) is 2.23. The summed E-state index contributed by atoms with van der Waals surface area (Å²) in [4.78, 5) is 11.1. The second-order valence-electron chi connectivity index (χ2n) is 3.20. The fourth-order valence-corrected chi connectivity index (χ4v) is 1.62. The minimum absolute atomic E-state index is 0.0413. The molecule has 0 heterocycles. The first-order valence-electron chi connectivity index (χ1n) is 4.25. The summed E-state index contributed by atoms with van der Waals surface area (Å²) in [5.74, 6) is 0.0805. The maximum Gasteiger partial charge on any atom is 0.308 e. The van der Waals surface area contributed by atoms with Crippen LogP contribution >= 0.6 is 0 Å². The van der Waals surface area contributed by atoms with Gasteiger partial charge in [0.15, 0.2) is 0 Å². The number of hydrogen-bond acceptors (Lipinski definition) is 3. The van der Waals surface area contributed by atoms with Gasteiger partial charge in [0, 0.05) is 5.92 Å². The molecule has 0 aliphatic heterocycles. The van der Waals surface area contributed by atoms with Crippen LogP contribution in [0.3, 0.4) is 0 Å². The SMILES string of the molecule is COC(=O)[C@H]1CC[C@@H](C#N)CC1. The van der Waals surface area contributed by atoms with Gasteiger partial charge >= 0.3 is 5.97 Å². The number of ether oxygens (including phenoxy) is 1. The van der Waals surface area contributed by atoms with Crippen molar-refractivity contribution in [2.75, 3.05) is 7.11 Å². The number of nitrogens with zero attached hydrogens (tertiary/aromatic N) is 1. The molecule has 66 valence electrons. The Hall–Kier alpha value is -1.04. The van der Waals surface area contributed by atoms with Crippen LogP contribution in [0, 0.1) is 23.2 Å². The lowest BCUT2D eigenvalue weighted by molar-refractivity contribution is -0.146. The lowest BCUT2D eigenvalue weighted by Crippen LogP contribution is -2.22. The topological polar surface area (TPSA) is 50.1 Å². The maximum atomic E-state index is 11.1. The van der Waals surface area contributed by atoms with Gasteiger partial charge in [0.2, 0.25) is 0 Å². The number of nitriles is 1. The average molecular weight is 167 g/mol. The molecule has 3 nitrogen and oxygen atoms in total. The average Bonchev–Trinajstić information content (AvgIpc) is 2.17. The van der Waals surface area contributed by atoms with Gasteiger partial charge in [-0.1, -0.05) is 0 Å². The van der Waals surface area contributed by atoms with Crippen LogP contribution in [0.1, 0.15) is 25.7 Å². The summed E-state index contributed by atoms with van der Waals surface area (Å²) in [5.41, 5.74) is 0. The van der Waals surface area contributed by atoms with E-state index in [1.807, 2.05) is 0 Å². The molecule has 0 aromatic carbocycles. The van der Waals surface area contributed by atoms with E-state index in [9.17, 15) is 4.79 Å². The molecule has 0 saturated heterocycles. The molecule has 0 atom stereocenters. The third-order valence-electron chi connectivity index (χ3n) is 2.44. The first-order chi connectivity index (χ1) is 5.77. The van der Waals surface area contributed by atoms with Crippen molar-refractivity contribution in [2.45, 2.75) is 25.7 Å². The second kappa shape index (κ2) is 4.10. The smallest absolute Gasteiger partial charge is 0.308 e. The van der Waals surface area contributed by atoms with Gasteiger partial charge in [-0.25, -0.2) is 0 Å². The third kappa shape index (κ3) is 1.97. The quantitative estimate of drug-likeness (QED) is 0.556. The lowest BCUT2D eigenvalue weighted by atomic mass is 9.83. The van der Waals surface area contributed by atoms with Crippen molar-refractivity contribution in [3.8, 4) is 6.07 Å². The normalized spacial score (nSPS) is 29.0. The molecule has 0 aromatic rings. The molecular formula is C9H13NO2. The molecule has 0 unspecified atom stereocenters. The van der Waals surface area contributed by atoms with Crippen LogP contribution < -0.4 is 0 Å². The van der Waals surface area contributed by atoms with Gasteiger partial charge in [-0.05, 0) is 25.7 Å². The Labute approximate surface area is 72.3 Å². The fraction of sp³-hybridized carbons (Fsp3) is 0.778. The first kappa shape index (κ1) is 9.05. The van der Waals surface area contributed by atoms with Crippen LogP contribution in [-0.4, -0.2) is 13.1 Å². The molecule has 0 aromatic heterocycles. The van der Waals surface area contributed by atoms with E-state index in [1.165, 1.54) is 7.11 Å². The summed E-state index contributed by atoms with van der Waals surface area (Å²) < 4.78 is 4.64. The zero-order valence-corrected chi connectivity index (χ0v) is 7.25. The maximum absolute atomic E-state index is 11.1. The molecular weight excluding hydrogens is 154 g/mol. The highest BCUT2D eigenvalue weighted by molar-refractivity contribution is 5.72. The number of esters is 1. The standard InChI is InChI=1S/C9H13NO2/c1-12-9(11)8-4-2-7(6-10)3-5-8/h7-8H,2-5H2,1H3/t7-,8+. The Balaban J connectivity index is 2.37. The van der Waals surface area contributed by atoms with Gasteiger partial charge in [-0.2, -0.15) is 5.26 Å². The number of methoxy groups -OCH3 is 1. The summed E-state index contributed by atoms with van der Waals surface area (Å²) in [6.45, 7) is 0. The Morgan fingerprint density at radius 3 is 2.42 bits per heavy atom. The van der Waals surface area contributed by atoms with Crippen LogP contribution in [0.5, 0.6) is 0 Å². The van der Waals surface area contributed by atoms with Gasteiger partial charge in [0.1, 0.15) is 0 Å². The van der Waals surface area contributed by atoms with E-state index in [0.717, 1.165) is 25.7 Å². The largest absolute Gasteiger partial charge is 0.469 e. The van der Waals surface area contributed by atoms with Crippen molar-refractivity contribution in [3.63, 3.8) is 0 Å². The van der Waals surface area contributed by atoms with Gasteiger partial charge in [0.05, 0.1) is 19.1 Å². The molecule has 12 heavy (non-hydrogen) atoms. The van der Waals surface area contributed by atoms with Gasteiger partial charge in [-0.3, -0.25) is 4.79 Å². The van der Waals surface area contributed by atoms with E-state index in [2.05, 4.69) is 10.8 Å². The number of carbonyl (C=O) groups is 1. The highest BCUT2D eigenvalue weighted by Gasteiger charge is 2.26.